The molecule has 0 rings (SSSR count). The fourth-order valence-corrected chi connectivity index (χ4v) is 0.498. The highest BCUT2D eigenvalue weighted by Crippen LogP contribution is 1.99. The summed E-state index contributed by atoms with van der Waals surface area (Å²) in [6.07, 6.45) is -0.956. The van der Waals surface area contributed by atoms with E-state index in [0.29, 0.717) is 0 Å². The Balaban J connectivity index is 3.84. The molecule has 0 fully saturated rings. The van der Waals surface area contributed by atoms with Gasteiger partial charge >= 0.3 is 0 Å². The minimum atomic E-state index is -0.478. The minimum Gasteiger partial charge on any atom is -0.360 e. The molecule has 0 aliphatic rings. The summed E-state index contributed by atoms with van der Waals surface area (Å²) in [4.78, 5) is 21.3. The molecule has 0 amide bonds. The van der Waals surface area contributed by atoms with Gasteiger partial charge in [0.1, 0.15) is 12.2 Å². The van der Waals surface area contributed by atoms with Gasteiger partial charge in [0.2, 0.25) is 0 Å². The topological polar surface area (TPSA) is 43.4 Å². The van der Waals surface area contributed by atoms with Crippen LogP contribution in [0.1, 0.15) is 27.7 Å². The Morgan fingerprint density at radius 3 is 1.45 bits per heavy atom. The number of ketones is 2. The lowest BCUT2D eigenvalue weighted by atomic mass is 10.2. The van der Waals surface area contributed by atoms with Gasteiger partial charge < -0.3 is 4.74 Å². The van der Waals surface area contributed by atoms with Gasteiger partial charge in [-0.1, -0.05) is 0 Å². The van der Waals surface area contributed by atoms with Crippen molar-refractivity contribution in [3.05, 3.63) is 0 Å². The van der Waals surface area contributed by atoms with E-state index in [0.717, 1.165) is 0 Å². The molecule has 2 atom stereocenters. The molecule has 0 bridgehead atoms. The van der Waals surface area contributed by atoms with Crippen LogP contribution in [0.5, 0.6) is 0 Å². The molecule has 11 heavy (non-hydrogen) atoms. The highest BCUT2D eigenvalue weighted by molar-refractivity contribution is 5.82. The standard InChI is InChI=1S/C8H14O3/c1-5(9)7(3)11-8(4)6(2)10/h7-8H,1-4H3. The molecule has 0 saturated carbocycles. The van der Waals surface area contributed by atoms with Crippen molar-refractivity contribution in [2.24, 2.45) is 0 Å². The second kappa shape index (κ2) is 4.23. The molecule has 2 unspecified atom stereocenters. The Morgan fingerprint density at radius 1 is 1.00 bits per heavy atom. The fraction of sp³-hybridized carbons (Fsp3) is 0.750. The zero-order valence-electron chi connectivity index (χ0n) is 7.38. The van der Waals surface area contributed by atoms with Crippen LogP contribution in [-0.4, -0.2) is 23.8 Å². The van der Waals surface area contributed by atoms with Crippen LogP contribution in [-0.2, 0) is 14.3 Å². The van der Waals surface area contributed by atoms with E-state index >= 15 is 0 Å². The van der Waals surface area contributed by atoms with Crippen molar-refractivity contribution in [3.63, 3.8) is 0 Å². The Hall–Kier alpha value is -0.700. The minimum absolute atomic E-state index is 0.0573. The van der Waals surface area contributed by atoms with E-state index in [9.17, 15) is 9.59 Å². The van der Waals surface area contributed by atoms with Crippen LogP contribution in [0.25, 0.3) is 0 Å². The lowest BCUT2D eigenvalue weighted by Crippen LogP contribution is -2.27. The predicted octanol–water partition coefficient (Wildman–Crippen LogP) is 0.958. The van der Waals surface area contributed by atoms with Gasteiger partial charge in [0, 0.05) is 0 Å². The SMILES string of the molecule is CC(=O)C(C)OC(C)C(C)=O. The fourth-order valence-electron chi connectivity index (χ4n) is 0.498. The molecule has 3 heteroatoms. The van der Waals surface area contributed by atoms with E-state index in [1.54, 1.807) is 13.8 Å². The molecule has 3 nitrogen and oxygen atoms in total. The summed E-state index contributed by atoms with van der Waals surface area (Å²) in [7, 11) is 0. The van der Waals surface area contributed by atoms with Crippen LogP contribution in [0.15, 0.2) is 0 Å². The number of hydrogen-bond acceptors (Lipinski definition) is 3. The summed E-state index contributed by atoms with van der Waals surface area (Å²) < 4.78 is 5.07. The molecule has 0 aromatic rings. The molecule has 0 radical (unpaired) electrons. The van der Waals surface area contributed by atoms with E-state index < -0.39 is 12.2 Å². The van der Waals surface area contributed by atoms with Gasteiger partial charge in [0.05, 0.1) is 0 Å². The van der Waals surface area contributed by atoms with Crippen LogP contribution in [0.4, 0.5) is 0 Å². The summed E-state index contributed by atoms with van der Waals surface area (Å²) in [5.74, 6) is -0.115. The maximum absolute atomic E-state index is 10.7. The highest BCUT2D eigenvalue weighted by atomic mass is 16.5. The first-order valence-corrected chi connectivity index (χ1v) is 3.61. The smallest absolute Gasteiger partial charge is 0.158 e. The van der Waals surface area contributed by atoms with Crippen LogP contribution in [0.2, 0.25) is 0 Å². The Morgan fingerprint density at radius 2 is 1.27 bits per heavy atom. The Bertz CT molecular complexity index is 145. The molecule has 64 valence electrons. The number of ether oxygens (including phenoxy) is 1. The second-order valence-electron chi connectivity index (χ2n) is 2.64. The average molecular weight is 158 g/mol. The molecule has 0 spiro atoms. The third-order valence-electron chi connectivity index (χ3n) is 1.55. The van der Waals surface area contributed by atoms with Crippen LogP contribution < -0.4 is 0 Å². The molecular formula is C8H14O3. The van der Waals surface area contributed by atoms with Gasteiger partial charge in [0.25, 0.3) is 0 Å². The van der Waals surface area contributed by atoms with Gasteiger partial charge in [-0.2, -0.15) is 0 Å². The first-order chi connectivity index (χ1) is 4.95. The molecule has 0 saturated heterocycles. The Labute approximate surface area is 66.7 Å². The summed E-state index contributed by atoms with van der Waals surface area (Å²) in [6, 6.07) is 0. The van der Waals surface area contributed by atoms with Crippen molar-refractivity contribution in [2.75, 3.05) is 0 Å². The monoisotopic (exact) mass is 158 g/mol. The van der Waals surface area contributed by atoms with E-state index in [2.05, 4.69) is 0 Å². The average Bonchev–Trinajstić information content (AvgIpc) is 1.87. The van der Waals surface area contributed by atoms with Crippen molar-refractivity contribution in [2.45, 2.75) is 39.9 Å². The van der Waals surface area contributed by atoms with E-state index in [-0.39, 0.29) is 11.6 Å². The van der Waals surface area contributed by atoms with E-state index in [1.807, 2.05) is 0 Å². The zero-order chi connectivity index (χ0) is 9.02. The number of hydrogen-bond donors (Lipinski definition) is 0. The molecule has 0 aliphatic heterocycles. The summed E-state index contributed by atoms with van der Waals surface area (Å²) in [5.41, 5.74) is 0. The first-order valence-electron chi connectivity index (χ1n) is 3.61. The third kappa shape index (κ3) is 3.88. The normalized spacial score (nSPS) is 15.6. The van der Waals surface area contributed by atoms with E-state index in [1.165, 1.54) is 13.8 Å². The summed E-state index contributed by atoms with van der Waals surface area (Å²) in [5, 5.41) is 0. The molecule has 0 aromatic carbocycles. The lowest BCUT2D eigenvalue weighted by molar-refractivity contribution is -0.138. The molecular weight excluding hydrogens is 144 g/mol. The van der Waals surface area contributed by atoms with Crippen molar-refractivity contribution in [1.29, 1.82) is 0 Å². The molecule has 0 aliphatic carbocycles. The molecule has 0 N–H and O–H groups in total. The van der Waals surface area contributed by atoms with Crippen molar-refractivity contribution in [3.8, 4) is 0 Å². The van der Waals surface area contributed by atoms with Crippen LogP contribution in [0, 0.1) is 0 Å². The van der Waals surface area contributed by atoms with Gasteiger partial charge in [0.15, 0.2) is 11.6 Å². The number of rotatable bonds is 4. The molecule has 0 aromatic heterocycles. The lowest BCUT2D eigenvalue weighted by Gasteiger charge is -2.13. The quantitative estimate of drug-likeness (QED) is 0.612. The third-order valence-corrected chi connectivity index (χ3v) is 1.55. The van der Waals surface area contributed by atoms with E-state index in [4.69, 9.17) is 4.74 Å². The van der Waals surface area contributed by atoms with Crippen molar-refractivity contribution in [1.82, 2.24) is 0 Å². The molecule has 0 heterocycles. The summed E-state index contributed by atoms with van der Waals surface area (Å²) in [6.45, 7) is 6.17. The van der Waals surface area contributed by atoms with Crippen LogP contribution >= 0.6 is 0 Å². The number of carbonyl (C=O) groups excluding carboxylic acids is 2. The van der Waals surface area contributed by atoms with Crippen LogP contribution in [0.3, 0.4) is 0 Å². The predicted molar refractivity (Wildman–Crippen MR) is 41.4 cm³/mol. The Kier molecular flexibility index (Phi) is 3.97. The second-order valence-corrected chi connectivity index (χ2v) is 2.64. The zero-order valence-corrected chi connectivity index (χ0v) is 7.38. The van der Waals surface area contributed by atoms with Crippen molar-refractivity contribution < 1.29 is 14.3 Å². The van der Waals surface area contributed by atoms with Gasteiger partial charge in [-0.25, -0.2) is 0 Å². The first kappa shape index (κ1) is 10.3. The number of Topliss-reactive ketones (excluding diaryl/α,β-unsaturated/α-hetero) is 2. The number of carbonyl (C=O) groups is 2. The van der Waals surface area contributed by atoms with Gasteiger partial charge in [-0.15, -0.1) is 0 Å². The highest BCUT2D eigenvalue weighted by Gasteiger charge is 2.14. The largest absolute Gasteiger partial charge is 0.360 e. The summed E-state index contributed by atoms with van der Waals surface area (Å²) >= 11 is 0. The van der Waals surface area contributed by atoms with Crippen molar-refractivity contribution >= 4 is 11.6 Å². The van der Waals surface area contributed by atoms with Gasteiger partial charge in [-0.3, -0.25) is 9.59 Å². The van der Waals surface area contributed by atoms with Gasteiger partial charge in [-0.05, 0) is 27.7 Å². The maximum atomic E-state index is 10.7. The maximum Gasteiger partial charge on any atom is 0.158 e.